The molecule has 0 amide bonds. The van der Waals surface area contributed by atoms with Gasteiger partial charge in [-0.15, -0.1) is 0 Å². The molecule has 0 fully saturated rings. The van der Waals surface area contributed by atoms with E-state index in [9.17, 15) is 5.11 Å². The Morgan fingerprint density at radius 1 is 1.32 bits per heavy atom. The lowest BCUT2D eigenvalue weighted by Crippen LogP contribution is -2.30. The van der Waals surface area contributed by atoms with Gasteiger partial charge >= 0.3 is 0 Å². The van der Waals surface area contributed by atoms with Gasteiger partial charge in [-0.25, -0.2) is 15.8 Å². The molecule has 5 N–H and O–H groups in total. The minimum absolute atomic E-state index is 0.0420. The number of ether oxygens (including phenoxy) is 1. The summed E-state index contributed by atoms with van der Waals surface area (Å²) in [5.74, 6) is 7.58. The second-order valence-corrected chi connectivity index (χ2v) is 4.68. The highest BCUT2D eigenvalue weighted by molar-refractivity contribution is 5.57. The van der Waals surface area contributed by atoms with E-state index in [-0.39, 0.29) is 18.6 Å². The minimum atomic E-state index is -0.218. The average Bonchev–Trinajstić information content (AvgIpc) is 2.39. The van der Waals surface area contributed by atoms with Crippen LogP contribution in [0.1, 0.15) is 31.2 Å². The van der Waals surface area contributed by atoms with Crippen molar-refractivity contribution >= 4 is 11.6 Å². The number of nitrogens with zero attached hydrogens (tertiary/aromatic N) is 2. The van der Waals surface area contributed by atoms with E-state index in [4.69, 9.17) is 10.6 Å². The van der Waals surface area contributed by atoms with E-state index in [0.717, 1.165) is 5.56 Å². The predicted molar refractivity (Wildman–Crippen MR) is 75.0 cm³/mol. The Morgan fingerprint density at radius 3 is 2.42 bits per heavy atom. The van der Waals surface area contributed by atoms with Gasteiger partial charge in [0.05, 0.1) is 19.3 Å². The van der Waals surface area contributed by atoms with E-state index >= 15 is 0 Å². The van der Waals surface area contributed by atoms with Crippen LogP contribution in [-0.4, -0.2) is 41.4 Å². The van der Waals surface area contributed by atoms with E-state index in [1.165, 1.54) is 0 Å². The molecule has 0 saturated carbocycles. The van der Waals surface area contributed by atoms with Crippen LogP contribution < -0.4 is 16.6 Å². The molecule has 0 radical (unpaired) electrons. The maximum absolute atomic E-state index is 9.29. The first-order valence-corrected chi connectivity index (χ1v) is 6.24. The standard InChI is InChI=1S/C12H23N5O2/c1-7(2)10-15-11(8(3)12(16-10)17-13)14-9(5-18)6-19-4/h7,9,18H,5-6,13H2,1-4H3,(H2,14,15,16,17). The lowest BCUT2D eigenvalue weighted by atomic mass is 10.2. The van der Waals surface area contributed by atoms with Crippen molar-refractivity contribution in [2.45, 2.75) is 32.7 Å². The number of nitrogens with two attached hydrogens (primary N) is 1. The number of aliphatic hydroxyl groups excluding tert-OH is 1. The van der Waals surface area contributed by atoms with Crippen LogP contribution in [0.5, 0.6) is 0 Å². The number of aliphatic hydroxyl groups is 1. The third-order valence-electron chi connectivity index (χ3n) is 2.75. The van der Waals surface area contributed by atoms with Crippen LogP contribution in [0.2, 0.25) is 0 Å². The van der Waals surface area contributed by atoms with E-state index in [1.807, 2.05) is 20.8 Å². The van der Waals surface area contributed by atoms with Gasteiger partial charge in [0.15, 0.2) is 0 Å². The summed E-state index contributed by atoms with van der Waals surface area (Å²) in [7, 11) is 1.59. The molecule has 1 unspecified atom stereocenters. The van der Waals surface area contributed by atoms with Crippen molar-refractivity contribution in [1.82, 2.24) is 9.97 Å². The van der Waals surface area contributed by atoms with Gasteiger partial charge in [-0.1, -0.05) is 13.8 Å². The van der Waals surface area contributed by atoms with E-state index in [2.05, 4.69) is 20.7 Å². The third kappa shape index (κ3) is 4.02. The van der Waals surface area contributed by atoms with Crippen molar-refractivity contribution in [3.63, 3.8) is 0 Å². The molecule has 0 aliphatic rings. The number of hydrazine groups is 1. The summed E-state index contributed by atoms with van der Waals surface area (Å²) in [5.41, 5.74) is 3.38. The highest BCUT2D eigenvalue weighted by Crippen LogP contribution is 2.22. The fourth-order valence-electron chi connectivity index (χ4n) is 1.61. The summed E-state index contributed by atoms with van der Waals surface area (Å²) in [6.07, 6.45) is 0. The lowest BCUT2D eigenvalue weighted by Gasteiger charge is -2.19. The highest BCUT2D eigenvalue weighted by atomic mass is 16.5. The summed E-state index contributed by atoms with van der Waals surface area (Å²) in [6, 6.07) is -0.218. The predicted octanol–water partition coefficient (Wildman–Crippen LogP) is 0.613. The number of methoxy groups -OCH3 is 1. The van der Waals surface area contributed by atoms with E-state index < -0.39 is 0 Å². The van der Waals surface area contributed by atoms with Gasteiger partial charge in [0.25, 0.3) is 0 Å². The Hall–Kier alpha value is -1.44. The molecule has 0 spiro atoms. The molecular formula is C12H23N5O2. The molecule has 0 aliphatic heterocycles. The Balaban J connectivity index is 3.07. The average molecular weight is 269 g/mol. The first kappa shape index (κ1) is 15.6. The first-order chi connectivity index (χ1) is 9.03. The summed E-state index contributed by atoms with van der Waals surface area (Å²) >= 11 is 0. The minimum Gasteiger partial charge on any atom is -0.394 e. The number of hydrogen-bond donors (Lipinski definition) is 4. The van der Waals surface area contributed by atoms with Gasteiger partial charge < -0.3 is 20.6 Å². The highest BCUT2D eigenvalue weighted by Gasteiger charge is 2.15. The maximum Gasteiger partial charge on any atom is 0.148 e. The van der Waals surface area contributed by atoms with Gasteiger partial charge in [-0.05, 0) is 6.92 Å². The molecule has 0 bridgehead atoms. The van der Waals surface area contributed by atoms with Gasteiger partial charge in [0, 0.05) is 18.6 Å². The zero-order valence-corrected chi connectivity index (χ0v) is 11.9. The molecule has 0 aromatic carbocycles. The Labute approximate surface area is 113 Å². The summed E-state index contributed by atoms with van der Waals surface area (Å²) in [4.78, 5) is 8.82. The van der Waals surface area contributed by atoms with Crippen LogP contribution >= 0.6 is 0 Å². The topological polar surface area (TPSA) is 105 Å². The van der Waals surface area contributed by atoms with Crippen LogP contribution in [-0.2, 0) is 4.74 Å². The number of nitrogen functional groups attached to an aromatic ring is 1. The van der Waals surface area contributed by atoms with Crippen molar-refractivity contribution < 1.29 is 9.84 Å². The summed E-state index contributed by atoms with van der Waals surface area (Å²) < 4.78 is 5.03. The zero-order valence-electron chi connectivity index (χ0n) is 11.9. The SMILES string of the molecule is COCC(CO)Nc1nc(C(C)C)nc(NN)c1C. The van der Waals surface area contributed by atoms with Gasteiger partial charge in [0.2, 0.25) is 0 Å². The van der Waals surface area contributed by atoms with Gasteiger partial charge in [0.1, 0.15) is 17.5 Å². The molecule has 108 valence electrons. The Kier molecular flexibility index (Phi) is 5.94. The van der Waals surface area contributed by atoms with Crippen molar-refractivity contribution in [3.8, 4) is 0 Å². The smallest absolute Gasteiger partial charge is 0.148 e. The molecule has 1 heterocycles. The Morgan fingerprint density at radius 2 is 1.95 bits per heavy atom. The van der Waals surface area contributed by atoms with E-state index in [0.29, 0.717) is 24.1 Å². The van der Waals surface area contributed by atoms with E-state index in [1.54, 1.807) is 7.11 Å². The second kappa shape index (κ2) is 7.22. The second-order valence-electron chi connectivity index (χ2n) is 4.68. The van der Waals surface area contributed by atoms with Crippen LogP contribution in [0.3, 0.4) is 0 Å². The maximum atomic E-state index is 9.29. The fourth-order valence-corrected chi connectivity index (χ4v) is 1.61. The Bertz CT molecular complexity index is 411. The quantitative estimate of drug-likeness (QED) is 0.424. The summed E-state index contributed by atoms with van der Waals surface area (Å²) in [5, 5.41) is 12.4. The van der Waals surface area contributed by atoms with Crippen molar-refractivity contribution in [3.05, 3.63) is 11.4 Å². The van der Waals surface area contributed by atoms with Crippen molar-refractivity contribution in [2.24, 2.45) is 5.84 Å². The normalized spacial score (nSPS) is 12.6. The molecule has 1 atom stereocenters. The largest absolute Gasteiger partial charge is 0.394 e. The number of anilines is 2. The van der Waals surface area contributed by atoms with Crippen LogP contribution in [0.25, 0.3) is 0 Å². The van der Waals surface area contributed by atoms with Crippen molar-refractivity contribution in [2.75, 3.05) is 31.1 Å². The first-order valence-electron chi connectivity index (χ1n) is 6.24. The van der Waals surface area contributed by atoms with Crippen LogP contribution in [0, 0.1) is 6.92 Å². The lowest BCUT2D eigenvalue weighted by molar-refractivity contribution is 0.153. The van der Waals surface area contributed by atoms with Gasteiger partial charge in [-0.2, -0.15) is 0 Å². The molecule has 7 nitrogen and oxygen atoms in total. The molecular weight excluding hydrogens is 246 g/mol. The molecule has 19 heavy (non-hydrogen) atoms. The van der Waals surface area contributed by atoms with Crippen LogP contribution in [0.15, 0.2) is 0 Å². The van der Waals surface area contributed by atoms with Gasteiger partial charge in [-0.3, -0.25) is 0 Å². The number of aromatic nitrogens is 2. The third-order valence-corrected chi connectivity index (χ3v) is 2.75. The molecule has 1 aromatic heterocycles. The number of nitrogens with one attached hydrogen (secondary N) is 2. The molecule has 0 saturated heterocycles. The molecule has 1 aromatic rings. The fraction of sp³-hybridized carbons (Fsp3) is 0.667. The molecule has 7 heteroatoms. The number of rotatable bonds is 7. The zero-order chi connectivity index (χ0) is 14.4. The number of hydrogen-bond acceptors (Lipinski definition) is 7. The molecule has 0 aliphatic carbocycles. The van der Waals surface area contributed by atoms with Crippen LogP contribution in [0.4, 0.5) is 11.6 Å². The molecule has 1 rings (SSSR count). The van der Waals surface area contributed by atoms with Crippen molar-refractivity contribution in [1.29, 1.82) is 0 Å². The monoisotopic (exact) mass is 269 g/mol. The summed E-state index contributed by atoms with van der Waals surface area (Å²) in [6.45, 7) is 6.23.